The summed E-state index contributed by atoms with van der Waals surface area (Å²) in [5.41, 5.74) is 4.72. The fraction of sp³-hybridized carbons (Fsp3) is 0.273. The zero-order chi connectivity index (χ0) is 19.8. The van der Waals surface area contributed by atoms with Gasteiger partial charge in [0.1, 0.15) is 5.75 Å². The van der Waals surface area contributed by atoms with Gasteiger partial charge in [-0.1, -0.05) is 36.4 Å². The van der Waals surface area contributed by atoms with Gasteiger partial charge in [0.05, 0.1) is 13.4 Å². The normalized spacial score (nSPS) is 10.9. The number of imidazole rings is 1. The number of aromatic nitrogens is 2. The zero-order valence-corrected chi connectivity index (χ0v) is 19.4. The van der Waals surface area contributed by atoms with E-state index < -0.39 is 0 Å². The van der Waals surface area contributed by atoms with Crippen LogP contribution in [-0.2, 0) is 19.6 Å². The average Bonchev–Trinajstić information content (AvgIpc) is 3.22. The number of nitrogens with zero attached hydrogens (tertiary/aromatic N) is 3. The number of hydrogen-bond acceptors (Lipinski definition) is 3. The Morgan fingerprint density at radius 2 is 1.90 bits per heavy atom. The van der Waals surface area contributed by atoms with Crippen molar-refractivity contribution in [2.75, 3.05) is 14.2 Å². The van der Waals surface area contributed by atoms with Crippen molar-refractivity contribution in [3.8, 4) is 5.75 Å². The van der Waals surface area contributed by atoms with Crippen LogP contribution in [0.15, 0.2) is 66.2 Å². The minimum atomic E-state index is 0. The third kappa shape index (κ3) is 6.77. The summed E-state index contributed by atoms with van der Waals surface area (Å²) in [5.74, 6) is 1.64. The van der Waals surface area contributed by atoms with Crippen LogP contribution in [0, 0.1) is 6.92 Å². The van der Waals surface area contributed by atoms with E-state index in [1.165, 1.54) is 16.7 Å². The lowest BCUT2D eigenvalue weighted by Gasteiger charge is -2.14. The molecule has 0 saturated carbocycles. The third-order valence-electron chi connectivity index (χ3n) is 4.49. The molecule has 2 aromatic carbocycles. The first-order chi connectivity index (χ1) is 13.7. The fourth-order valence-electron chi connectivity index (χ4n) is 3.01. The van der Waals surface area contributed by atoms with Crippen LogP contribution in [0.25, 0.3) is 0 Å². The van der Waals surface area contributed by atoms with Gasteiger partial charge in [-0.25, -0.2) is 4.98 Å². The standard InChI is InChI=1S/C22H27N5O.HI/c1-17-7-8-20(21(11-17)28-3)14-26-22(23-2)25-13-18-5-4-6-19(12-18)15-27-10-9-24-16-27;/h4-12,16H,13-15H2,1-3H3,(H2,23,25,26);1H. The molecule has 0 spiro atoms. The molecule has 0 unspecified atom stereocenters. The summed E-state index contributed by atoms with van der Waals surface area (Å²) in [6.07, 6.45) is 5.59. The molecule has 0 radical (unpaired) electrons. The summed E-state index contributed by atoms with van der Waals surface area (Å²) in [6.45, 7) is 4.21. The van der Waals surface area contributed by atoms with Gasteiger partial charge in [-0.2, -0.15) is 0 Å². The van der Waals surface area contributed by atoms with Crippen molar-refractivity contribution in [3.05, 3.63) is 83.4 Å². The quantitative estimate of drug-likeness (QED) is 0.292. The summed E-state index contributed by atoms with van der Waals surface area (Å²) in [5, 5.41) is 6.72. The minimum Gasteiger partial charge on any atom is -0.496 e. The maximum absolute atomic E-state index is 5.47. The van der Waals surface area contributed by atoms with E-state index in [-0.39, 0.29) is 24.0 Å². The lowest BCUT2D eigenvalue weighted by Crippen LogP contribution is -2.36. The van der Waals surface area contributed by atoms with E-state index in [0.717, 1.165) is 23.8 Å². The Balaban J connectivity index is 0.00000300. The van der Waals surface area contributed by atoms with Crippen LogP contribution in [0.4, 0.5) is 0 Å². The molecule has 0 bridgehead atoms. The third-order valence-corrected chi connectivity index (χ3v) is 4.49. The van der Waals surface area contributed by atoms with Crippen molar-refractivity contribution in [3.63, 3.8) is 0 Å². The predicted octanol–water partition coefficient (Wildman–Crippen LogP) is 3.73. The number of halogens is 1. The van der Waals surface area contributed by atoms with Crippen molar-refractivity contribution in [2.24, 2.45) is 4.99 Å². The predicted molar refractivity (Wildman–Crippen MR) is 128 cm³/mol. The number of nitrogens with one attached hydrogen (secondary N) is 2. The molecule has 1 aromatic heterocycles. The number of methoxy groups -OCH3 is 1. The molecule has 2 N–H and O–H groups in total. The number of hydrogen-bond donors (Lipinski definition) is 2. The maximum atomic E-state index is 5.47. The second-order valence-electron chi connectivity index (χ2n) is 6.65. The molecular formula is C22H28IN5O. The van der Waals surface area contributed by atoms with E-state index in [2.05, 4.69) is 68.5 Å². The van der Waals surface area contributed by atoms with E-state index in [9.17, 15) is 0 Å². The first-order valence-corrected chi connectivity index (χ1v) is 9.29. The number of aryl methyl sites for hydroxylation is 1. The molecule has 0 aliphatic heterocycles. The molecule has 0 atom stereocenters. The number of benzene rings is 2. The lowest BCUT2D eigenvalue weighted by molar-refractivity contribution is 0.408. The van der Waals surface area contributed by atoms with E-state index in [1.807, 2.05) is 18.6 Å². The second-order valence-corrected chi connectivity index (χ2v) is 6.65. The van der Waals surface area contributed by atoms with Gasteiger partial charge in [0, 0.05) is 44.6 Å². The van der Waals surface area contributed by atoms with Gasteiger partial charge in [0.15, 0.2) is 5.96 Å². The topological polar surface area (TPSA) is 63.5 Å². The smallest absolute Gasteiger partial charge is 0.191 e. The number of ether oxygens (including phenoxy) is 1. The molecule has 6 nitrogen and oxygen atoms in total. The van der Waals surface area contributed by atoms with Crippen LogP contribution in [-0.4, -0.2) is 29.7 Å². The maximum Gasteiger partial charge on any atom is 0.191 e. The highest BCUT2D eigenvalue weighted by atomic mass is 127. The van der Waals surface area contributed by atoms with E-state index in [1.54, 1.807) is 20.4 Å². The molecule has 0 saturated heterocycles. The Labute approximate surface area is 189 Å². The Kier molecular flexibility index (Phi) is 8.98. The van der Waals surface area contributed by atoms with Gasteiger partial charge in [0.25, 0.3) is 0 Å². The Morgan fingerprint density at radius 1 is 1.10 bits per heavy atom. The van der Waals surface area contributed by atoms with Gasteiger partial charge >= 0.3 is 0 Å². The average molecular weight is 505 g/mol. The van der Waals surface area contributed by atoms with Crippen molar-refractivity contribution in [1.29, 1.82) is 0 Å². The Hall–Kier alpha value is -2.55. The SMILES string of the molecule is CN=C(NCc1cccc(Cn2ccnc2)c1)NCc1ccc(C)cc1OC.I. The summed E-state index contributed by atoms with van der Waals surface area (Å²) in [7, 11) is 3.47. The molecule has 0 aliphatic rings. The van der Waals surface area contributed by atoms with Crippen LogP contribution in [0.2, 0.25) is 0 Å². The van der Waals surface area contributed by atoms with Crippen LogP contribution >= 0.6 is 24.0 Å². The first kappa shape index (κ1) is 22.7. The van der Waals surface area contributed by atoms with Crippen LogP contribution in [0.3, 0.4) is 0 Å². The number of rotatable bonds is 7. The lowest BCUT2D eigenvalue weighted by atomic mass is 10.1. The molecule has 3 rings (SSSR count). The highest BCUT2D eigenvalue weighted by Gasteiger charge is 2.05. The van der Waals surface area contributed by atoms with Crippen molar-refractivity contribution < 1.29 is 4.74 Å². The van der Waals surface area contributed by atoms with Gasteiger partial charge in [0.2, 0.25) is 0 Å². The summed E-state index contributed by atoms with van der Waals surface area (Å²) >= 11 is 0. The monoisotopic (exact) mass is 505 g/mol. The molecule has 0 aliphatic carbocycles. The van der Waals surface area contributed by atoms with Gasteiger partial charge in [-0.3, -0.25) is 4.99 Å². The highest BCUT2D eigenvalue weighted by Crippen LogP contribution is 2.19. The molecule has 7 heteroatoms. The van der Waals surface area contributed by atoms with Gasteiger partial charge in [-0.15, -0.1) is 24.0 Å². The number of aliphatic imine (C=N–C) groups is 1. The Morgan fingerprint density at radius 3 is 2.62 bits per heavy atom. The largest absolute Gasteiger partial charge is 0.496 e. The molecule has 154 valence electrons. The molecule has 29 heavy (non-hydrogen) atoms. The second kappa shape index (κ2) is 11.5. The first-order valence-electron chi connectivity index (χ1n) is 9.29. The van der Waals surface area contributed by atoms with E-state index in [0.29, 0.717) is 13.1 Å². The molecular weight excluding hydrogens is 477 g/mol. The molecule has 1 heterocycles. The van der Waals surface area contributed by atoms with Gasteiger partial charge in [-0.05, 0) is 29.7 Å². The van der Waals surface area contributed by atoms with Crippen LogP contribution in [0.5, 0.6) is 5.75 Å². The summed E-state index contributed by atoms with van der Waals surface area (Å²) < 4.78 is 7.53. The zero-order valence-electron chi connectivity index (χ0n) is 17.1. The van der Waals surface area contributed by atoms with Crippen molar-refractivity contribution in [2.45, 2.75) is 26.6 Å². The summed E-state index contributed by atoms with van der Waals surface area (Å²) in [4.78, 5) is 8.41. The molecule has 0 amide bonds. The van der Waals surface area contributed by atoms with E-state index >= 15 is 0 Å². The minimum absolute atomic E-state index is 0. The van der Waals surface area contributed by atoms with Crippen LogP contribution in [0.1, 0.15) is 22.3 Å². The molecule has 3 aromatic rings. The van der Waals surface area contributed by atoms with Crippen molar-refractivity contribution in [1.82, 2.24) is 20.2 Å². The Bertz CT molecular complexity index is 925. The van der Waals surface area contributed by atoms with Crippen LogP contribution < -0.4 is 15.4 Å². The fourth-order valence-corrected chi connectivity index (χ4v) is 3.01. The van der Waals surface area contributed by atoms with Crippen molar-refractivity contribution >= 4 is 29.9 Å². The molecule has 0 fully saturated rings. The van der Waals surface area contributed by atoms with Gasteiger partial charge < -0.3 is 19.9 Å². The highest BCUT2D eigenvalue weighted by molar-refractivity contribution is 14.0. The summed E-state index contributed by atoms with van der Waals surface area (Å²) in [6, 6.07) is 14.7. The number of guanidine groups is 1. The van der Waals surface area contributed by atoms with E-state index in [4.69, 9.17) is 4.74 Å².